The largest absolute Gasteiger partial charge is 0.393 e. The summed E-state index contributed by atoms with van der Waals surface area (Å²) < 4.78 is 0. The molecule has 0 heterocycles. The first-order valence-electron chi connectivity index (χ1n) is 5.06. The second-order valence-corrected chi connectivity index (χ2v) is 4.41. The standard InChI is InChI=1S/C10H21NO2S/c1-4-9(12)5-6-11-10(13)8(2)7-14-3/h8-9,12H,4-7H2,1-3H3,(H,11,13). The van der Waals surface area contributed by atoms with Crippen LogP contribution in [0.1, 0.15) is 26.7 Å². The lowest BCUT2D eigenvalue weighted by molar-refractivity contribution is -0.123. The second kappa shape index (κ2) is 8.12. The summed E-state index contributed by atoms with van der Waals surface area (Å²) in [5.41, 5.74) is 0. The number of amides is 1. The highest BCUT2D eigenvalue weighted by Crippen LogP contribution is 2.04. The zero-order chi connectivity index (χ0) is 11.0. The van der Waals surface area contributed by atoms with Gasteiger partial charge in [0.2, 0.25) is 5.91 Å². The minimum Gasteiger partial charge on any atom is -0.393 e. The monoisotopic (exact) mass is 219 g/mol. The first-order chi connectivity index (χ1) is 6.61. The number of hydrogen-bond acceptors (Lipinski definition) is 3. The molecular formula is C10H21NO2S. The second-order valence-electron chi connectivity index (χ2n) is 3.50. The number of rotatable bonds is 7. The Morgan fingerprint density at radius 2 is 2.21 bits per heavy atom. The molecule has 2 atom stereocenters. The fraction of sp³-hybridized carbons (Fsp3) is 0.900. The minimum absolute atomic E-state index is 0.0590. The van der Waals surface area contributed by atoms with Gasteiger partial charge in [0.15, 0.2) is 0 Å². The topological polar surface area (TPSA) is 49.3 Å². The molecule has 0 aliphatic heterocycles. The summed E-state index contributed by atoms with van der Waals surface area (Å²) in [4.78, 5) is 11.4. The first kappa shape index (κ1) is 13.8. The van der Waals surface area contributed by atoms with Crippen molar-refractivity contribution in [1.29, 1.82) is 0 Å². The van der Waals surface area contributed by atoms with Crippen LogP contribution in [0.25, 0.3) is 0 Å². The van der Waals surface area contributed by atoms with E-state index in [-0.39, 0.29) is 17.9 Å². The minimum atomic E-state index is -0.286. The van der Waals surface area contributed by atoms with E-state index in [2.05, 4.69) is 5.32 Å². The average Bonchev–Trinajstić information content (AvgIpc) is 2.17. The van der Waals surface area contributed by atoms with E-state index in [9.17, 15) is 9.90 Å². The van der Waals surface area contributed by atoms with E-state index in [1.807, 2.05) is 20.1 Å². The van der Waals surface area contributed by atoms with Crippen molar-refractivity contribution in [1.82, 2.24) is 5.32 Å². The van der Waals surface area contributed by atoms with E-state index in [0.29, 0.717) is 13.0 Å². The van der Waals surface area contributed by atoms with Crippen molar-refractivity contribution in [3.63, 3.8) is 0 Å². The predicted octanol–water partition coefficient (Wildman–Crippen LogP) is 1.26. The quantitative estimate of drug-likeness (QED) is 0.678. The molecule has 0 aliphatic rings. The zero-order valence-corrected chi connectivity index (χ0v) is 10.1. The molecule has 3 nitrogen and oxygen atoms in total. The maximum absolute atomic E-state index is 11.4. The molecule has 0 spiro atoms. The molecule has 0 rings (SSSR count). The van der Waals surface area contributed by atoms with E-state index in [1.165, 1.54) is 0 Å². The average molecular weight is 219 g/mol. The van der Waals surface area contributed by atoms with Gasteiger partial charge in [-0.15, -0.1) is 0 Å². The lowest BCUT2D eigenvalue weighted by Gasteiger charge is -2.12. The summed E-state index contributed by atoms with van der Waals surface area (Å²) in [5, 5.41) is 12.1. The summed E-state index contributed by atoms with van der Waals surface area (Å²) in [6, 6.07) is 0. The van der Waals surface area contributed by atoms with Gasteiger partial charge in [-0.05, 0) is 19.1 Å². The van der Waals surface area contributed by atoms with Gasteiger partial charge in [-0.25, -0.2) is 0 Å². The molecule has 0 aromatic carbocycles. The van der Waals surface area contributed by atoms with Crippen LogP contribution in [0.3, 0.4) is 0 Å². The van der Waals surface area contributed by atoms with Crippen LogP contribution in [0.15, 0.2) is 0 Å². The Morgan fingerprint density at radius 1 is 1.57 bits per heavy atom. The van der Waals surface area contributed by atoms with Gasteiger partial charge in [-0.2, -0.15) is 11.8 Å². The molecule has 0 aromatic heterocycles. The Kier molecular flexibility index (Phi) is 7.99. The number of hydrogen-bond donors (Lipinski definition) is 2. The van der Waals surface area contributed by atoms with E-state index in [1.54, 1.807) is 11.8 Å². The van der Waals surface area contributed by atoms with Crippen LogP contribution in [0.2, 0.25) is 0 Å². The maximum atomic E-state index is 11.4. The molecular weight excluding hydrogens is 198 g/mol. The van der Waals surface area contributed by atoms with E-state index >= 15 is 0 Å². The number of carbonyl (C=O) groups excluding carboxylic acids is 1. The third-order valence-corrected chi connectivity index (χ3v) is 2.95. The number of nitrogens with one attached hydrogen (secondary N) is 1. The predicted molar refractivity (Wildman–Crippen MR) is 61.5 cm³/mol. The van der Waals surface area contributed by atoms with Gasteiger partial charge >= 0.3 is 0 Å². The Balaban J connectivity index is 3.53. The SMILES string of the molecule is CCC(O)CCNC(=O)C(C)CSC. The van der Waals surface area contributed by atoms with E-state index < -0.39 is 0 Å². The molecule has 0 aliphatic carbocycles. The smallest absolute Gasteiger partial charge is 0.223 e. The highest BCUT2D eigenvalue weighted by Gasteiger charge is 2.11. The Morgan fingerprint density at radius 3 is 2.71 bits per heavy atom. The van der Waals surface area contributed by atoms with Gasteiger partial charge in [-0.3, -0.25) is 4.79 Å². The van der Waals surface area contributed by atoms with Crippen LogP contribution in [0.4, 0.5) is 0 Å². The summed E-state index contributed by atoms with van der Waals surface area (Å²) in [7, 11) is 0. The number of carbonyl (C=O) groups is 1. The van der Waals surface area contributed by atoms with Crippen LogP contribution in [-0.2, 0) is 4.79 Å². The Bertz CT molecular complexity index is 164. The van der Waals surface area contributed by atoms with Crippen LogP contribution in [-0.4, -0.2) is 35.7 Å². The van der Waals surface area contributed by atoms with Crippen molar-refractivity contribution < 1.29 is 9.90 Å². The third-order valence-electron chi connectivity index (χ3n) is 2.11. The molecule has 1 amide bonds. The van der Waals surface area contributed by atoms with Crippen molar-refractivity contribution in [2.24, 2.45) is 5.92 Å². The highest BCUT2D eigenvalue weighted by molar-refractivity contribution is 7.98. The zero-order valence-electron chi connectivity index (χ0n) is 9.25. The molecule has 0 radical (unpaired) electrons. The van der Waals surface area contributed by atoms with Crippen LogP contribution >= 0.6 is 11.8 Å². The Hall–Kier alpha value is -0.220. The van der Waals surface area contributed by atoms with Gasteiger partial charge in [0.05, 0.1) is 6.10 Å². The molecule has 0 aromatic rings. The van der Waals surface area contributed by atoms with E-state index in [4.69, 9.17) is 0 Å². The molecule has 84 valence electrons. The molecule has 0 saturated heterocycles. The molecule has 2 unspecified atom stereocenters. The lowest BCUT2D eigenvalue weighted by atomic mass is 10.2. The molecule has 2 N–H and O–H groups in total. The van der Waals surface area contributed by atoms with Crippen molar-refractivity contribution in [3.8, 4) is 0 Å². The van der Waals surface area contributed by atoms with Gasteiger partial charge < -0.3 is 10.4 Å². The summed E-state index contributed by atoms with van der Waals surface area (Å²) in [6.07, 6.45) is 3.10. The van der Waals surface area contributed by atoms with Crippen molar-refractivity contribution in [3.05, 3.63) is 0 Å². The number of aliphatic hydroxyl groups excluding tert-OH is 1. The fourth-order valence-electron chi connectivity index (χ4n) is 1.07. The Labute approximate surface area is 90.7 Å². The van der Waals surface area contributed by atoms with Crippen molar-refractivity contribution >= 4 is 17.7 Å². The van der Waals surface area contributed by atoms with Gasteiger partial charge in [0.25, 0.3) is 0 Å². The third kappa shape index (κ3) is 6.27. The highest BCUT2D eigenvalue weighted by atomic mass is 32.2. The first-order valence-corrected chi connectivity index (χ1v) is 6.45. The number of aliphatic hydroxyl groups is 1. The van der Waals surface area contributed by atoms with Crippen molar-refractivity contribution in [2.75, 3.05) is 18.6 Å². The fourth-order valence-corrected chi connectivity index (χ4v) is 1.72. The molecule has 0 fully saturated rings. The molecule has 4 heteroatoms. The molecule has 0 saturated carbocycles. The van der Waals surface area contributed by atoms with Crippen LogP contribution < -0.4 is 5.32 Å². The van der Waals surface area contributed by atoms with Gasteiger partial charge in [0.1, 0.15) is 0 Å². The van der Waals surface area contributed by atoms with E-state index in [0.717, 1.165) is 12.2 Å². The number of thioether (sulfide) groups is 1. The van der Waals surface area contributed by atoms with Crippen molar-refractivity contribution in [2.45, 2.75) is 32.8 Å². The molecule has 14 heavy (non-hydrogen) atoms. The van der Waals surface area contributed by atoms with Crippen LogP contribution in [0, 0.1) is 5.92 Å². The van der Waals surface area contributed by atoms with Gasteiger partial charge in [0, 0.05) is 18.2 Å². The van der Waals surface area contributed by atoms with Crippen LogP contribution in [0.5, 0.6) is 0 Å². The van der Waals surface area contributed by atoms with Gasteiger partial charge in [-0.1, -0.05) is 13.8 Å². The maximum Gasteiger partial charge on any atom is 0.223 e. The summed E-state index contributed by atoms with van der Waals surface area (Å²) >= 11 is 1.67. The molecule has 0 bridgehead atoms. The summed E-state index contributed by atoms with van der Waals surface area (Å²) in [5.74, 6) is 0.994. The lowest BCUT2D eigenvalue weighted by Crippen LogP contribution is -2.32. The normalized spacial score (nSPS) is 14.9. The summed E-state index contributed by atoms with van der Waals surface area (Å²) in [6.45, 7) is 4.43.